The first-order valence-corrected chi connectivity index (χ1v) is 7.88. The lowest BCUT2D eigenvalue weighted by Gasteiger charge is -2.10. The summed E-state index contributed by atoms with van der Waals surface area (Å²) in [5.41, 5.74) is 3.09. The van der Waals surface area contributed by atoms with Crippen molar-refractivity contribution in [2.45, 2.75) is 6.92 Å². The molecular formula is C16H14BrN3OS. The van der Waals surface area contributed by atoms with Crippen LogP contribution in [0.3, 0.4) is 0 Å². The molecule has 112 valence electrons. The second-order valence-corrected chi connectivity index (χ2v) is 6.11. The van der Waals surface area contributed by atoms with Crippen LogP contribution in [-0.2, 0) is 0 Å². The molecule has 0 saturated heterocycles. The Bertz CT molecular complexity index is 868. The second-order valence-electron chi connectivity index (χ2n) is 4.87. The molecule has 22 heavy (non-hydrogen) atoms. The molecule has 0 bridgehead atoms. The van der Waals surface area contributed by atoms with Gasteiger partial charge in [-0.2, -0.15) is 5.10 Å². The van der Waals surface area contributed by atoms with E-state index < -0.39 is 0 Å². The lowest BCUT2D eigenvalue weighted by molar-refractivity contribution is 0.415. The molecule has 0 spiro atoms. The van der Waals surface area contributed by atoms with E-state index in [4.69, 9.17) is 17.0 Å². The number of methoxy groups -OCH3 is 1. The van der Waals surface area contributed by atoms with Gasteiger partial charge in [0, 0.05) is 10.0 Å². The molecule has 1 N–H and O–H groups in total. The van der Waals surface area contributed by atoms with Gasteiger partial charge in [0.2, 0.25) is 0 Å². The van der Waals surface area contributed by atoms with E-state index in [1.807, 2.05) is 47.9 Å². The van der Waals surface area contributed by atoms with Crippen molar-refractivity contribution < 1.29 is 4.74 Å². The van der Waals surface area contributed by atoms with Crippen LogP contribution in [0.25, 0.3) is 17.1 Å². The van der Waals surface area contributed by atoms with Gasteiger partial charge >= 0.3 is 0 Å². The van der Waals surface area contributed by atoms with E-state index >= 15 is 0 Å². The van der Waals surface area contributed by atoms with E-state index in [9.17, 15) is 0 Å². The van der Waals surface area contributed by atoms with Gasteiger partial charge in [-0.05, 0) is 77.0 Å². The average Bonchev–Trinajstić information content (AvgIpc) is 2.89. The first-order valence-electron chi connectivity index (χ1n) is 6.68. The van der Waals surface area contributed by atoms with Crippen LogP contribution in [-0.4, -0.2) is 21.9 Å². The minimum atomic E-state index is 0.551. The number of hydrogen-bond acceptors (Lipinski definition) is 3. The molecule has 0 aliphatic carbocycles. The minimum absolute atomic E-state index is 0.551. The van der Waals surface area contributed by atoms with E-state index in [2.05, 4.69) is 32.2 Å². The molecule has 1 aromatic heterocycles. The molecule has 0 fully saturated rings. The Balaban J connectivity index is 2.16. The van der Waals surface area contributed by atoms with Gasteiger partial charge in [0.15, 0.2) is 10.6 Å². The summed E-state index contributed by atoms with van der Waals surface area (Å²) < 4.78 is 8.63. The van der Waals surface area contributed by atoms with Crippen LogP contribution in [0.1, 0.15) is 5.56 Å². The van der Waals surface area contributed by atoms with Crippen molar-refractivity contribution >= 4 is 28.1 Å². The molecule has 2 aromatic carbocycles. The summed E-state index contributed by atoms with van der Waals surface area (Å²) in [5.74, 6) is 1.57. The molecule has 4 nitrogen and oxygen atoms in total. The summed E-state index contributed by atoms with van der Waals surface area (Å²) in [6, 6.07) is 13.9. The van der Waals surface area contributed by atoms with E-state index in [0.29, 0.717) is 4.77 Å². The number of rotatable bonds is 3. The molecule has 6 heteroatoms. The van der Waals surface area contributed by atoms with Gasteiger partial charge in [-0.1, -0.05) is 6.07 Å². The molecule has 3 aromatic rings. The Morgan fingerprint density at radius 1 is 1.18 bits per heavy atom. The largest absolute Gasteiger partial charge is 0.497 e. The van der Waals surface area contributed by atoms with Gasteiger partial charge < -0.3 is 4.74 Å². The van der Waals surface area contributed by atoms with Crippen LogP contribution in [0.4, 0.5) is 0 Å². The summed E-state index contributed by atoms with van der Waals surface area (Å²) >= 11 is 9.00. The minimum Gasteiger partial charge on any atom is -0.497 e. The summed E-state index contributed by atoms with van der Waals surface area (Å²) in [6.07, 6.45) is 0. The number of H-pyrrole nitrogens is 1. The third kappa shape index (κ3) is 2.71. The maximum Gasteiger partial charge on any atom is 0.200 e. The van der Waals surface area contributed by atoms with Crippen LogP contribution in [0.2, 0.25) is 0 Å². The highest BCUT2D eigenvalue weighted by molar-refractivity contribution is 9.10. The van der Waals surface area contributed by atoms with E-state index in [1.165, 1.54) is 5.56 Å². The highest BCUT2D eigenvalue weighted by atomic mass is 79.9. The number of benzene rings is 2. The number of hydrogen-bond donors (Lipinski definition) is 1. The first kappa shape index (κ1) is 15.0. The van der Waals surface area contributed by atoms with Crippen molar-refractivity contribution in [2.75, 3.05) is 7.11 Å². The van der Waals surface area contributed by atoms with E-state index in [0.717, 1.165) is 27.3 Å². The molecule has 1 heterocycles. The van der Waals surface area contributed by atoms with E-state index in [-0.39, 0.29) is 0 Å². The van der Waals surface area contributed by atoms with Gasteiger partial charge in [0.05, 0.1) is 12.8 Å². The van der Waals surface area contributed by atoms with Crippen molar-refractivity contribution in [1.82, 2.24) is 14.8 Å². The molecule has 0 saturated carbocycles. The molecule has 0 amide bonds. The van der Waals surface area contributed by atoms with Crippen LogP contribution in [0.15, 0.2) is 46.9 Å². The SMILES string of the molecule is COc1ccc(-c2n[nH]c(=S)n2-c2ccc(C)cc2Br)cc1. The van der Waals surface area contributed by atoms with Gasteiger partial charge in [-0.3, -0.25) is 9.67 Å². The lowest BCUT2D eigenvalue weighted by Crippen LogP contribution is -1.99. The highest BCUT2D eigenvalue weighted by Gasteiger charge is 2.13. The molecule has 0 aliphatic heterocycles. The highest BCUT2D eigenvalue weighted by Crippen LogP contribution is 2.28. The Morgan fingerprint density at radius 2 is 1.91 bits per heavy atom. The molecule has 0 unspecified atom stereocenters. The molecule has 0 radical (unpaired) electrons. The normalized spacial score (nSPS) is 10.7. The number of halogens is 1. The summed E-state index contributed by atoms with van der Waals surface area (Å²) in [7, 11) is 1.65. The van der Waals surface area contributed by atoms with Crippen LogP contribution in [0.5, 0.6) is 5.75 Å². The third-order valence-corrected chi connectivity index (χ3v) is 4.27. The predicted molar refractivity (Wildman–Crippen MR) is 93.2 cm³/mol. The summed E-state index contributed by atoms with van der Waals surface area (Å²) in [6.45, 7) is 2.05. The summed E-state index contributed by atoms with van der Waals surface area (Å²) in [4.78, 5) is 0. The second kappa shape index (κ2) is 6.06. The van der Waals surface area contributed by atoms with Crippen molar-refractivity contribution in [3.8, 4) is 22.8 Å². The van der Waals surface area contributed by atoms with Gasteiger partial charge in [0.25, 0.3) is 0 Å². The zero-order valence-electron chi connectivity index (χ0n) is 12.1. The van der Waals surface area contributed by atoms with Crippen molar-refractivity contribution in [2.24, 2.45) is 0 Å². The van der Waals surface area contributed by atoms with Crippen molar-refractivity contribution in [3.05, 3.63) is 57.3 Å². The molecular weight excluding hydrogens is 362 g/mol. The molecule has 0 atom stereocenters. The molecule has 3 rings (SSSR count). The maximum atomic E-state index is 5.40. The lowest BCUT2D eigenvalue weighted by atomic mass is 10.2. The number of ether oxygens (including phenoxy) is 1. The standard InChI is InChI=1S/C16H14BrN3OS/c1-10-3-8-14(13(17)9-10)20-15(18-19-16(20)22)11-4-6-12(21-2)7-5-11/h3-9H,1-2H3,(H,19,22). The van der Waals surface area contributed by atoms with Crippen LogP contribution in [0, 0.1) is 11.7 Å². The Kier molecular flexibility index (Phi) is 4.13. The van der Waals surface area contributed by atoms with E-state index in [1.54, 1.807) is 7.11 Å². The number of nitrogens with one attached hydrogen (secondary N) is 1. The van der Waals surface area contributed by atoms with Crippen LogP contribution < -0.4 is 4.74 Å². The first-order chi connectivity index (χ1) is 10.6. The number of aromatic nitrogens is 3. The third-order valence-electron chi connectivity index (χ3n) is 3.36. The monoisotopic (exact) mass is 375 g/mol. The number of aromatic amines is 1. The topological polar surface area (TPSA) is 42.8 Å². The van der Waals surface area contributed by atoms with Gasteiger partial charge in [-0.15, -0.1) is 0 Å². The molecule has 0 aliphatic rings. The fourth-order valence-electron chi connectivity index (χ4n) is 2.25. The Morgan fingerprint density at radius 3 is 2.55 bits per heavy atom. The van der Waals surface area contributed by atoms with Crippen molar-refractivity contribution in [1.29, 1.82) is 0 Å². The quantitative estimate of drug-likeness (QED) is 0.676. The van der Waals surface area contributed by atoms with Gasteiger partial charge in [-0.25, -0.2) is 0 Å². The summed E-state index contributed by atoms with van der Waals surface area (Å²) in [5, 5.41) is 7.23. The average molecular weight is 376 g/mol. The smallest absolute Gasteiger partial charge is 0.200 e. The zero-order valence-corrected chi connectivity index (χ0v) is 14.5. The Hall–Kier alpha value is -1.92. The van der Waals surface area contributed by atoms with Crippen molar-refractivity contribution in [3.63, 3.8) is 0 Å². The fraction of sp³-hybridized carbons (Fsp3) is 0.125. The van der Waals surface area contributed by atoms with Gasteiger partial charge in [0.1, 0.15) is 5.75 Å². The number of aryl methyl sites for hydroxylation is 1. The Labute approximate surface area is 141 Å². The maximum absolute atomic E-state index is 5.40. The fourth-order valence-corrected chi connectivity index (χ4v) is 3.15. The van der Waals surface area contributed by atoms with Crippen LogP contribution >= 0.6 is 28.1 Å². The number of nitrogens with zero attached hydrogens (tertiary/aromatic N) is 2. The predicted octanol–water partition coefficient (Wildman–Crippen LogP) is 4.68. The zero-order chi connectivity index (χ0) is 15.7.